The molecule has 0 atom stereocenters. The summed E-state index contributed by atoms with van der Waals surface area (Å²) in [6.07, 6.45) is 4.50. The van der Waals surface area contributed by atoms with Crippen LogP contribution in [0.1, 0.15) is 28.5 Å². The lowest BCUT2D eigenvalue weighted by Gasteiger charge is -2.20. The summed E-state index contributed by atoms with van der Waals surface area (Å²) in [6, 6.07) is 19.9. The summed E-state index contributed by atoms with van der Waals surface area (Å²) in [6.45, 7) is 3.83. The summed E-state index contributed by atoms with van der Waals surface area (Å²) in [5, 5.41) is 4.47. The molecule has 6 nitrogen and oxygen atoms in total. The zero-order chi connectivity index (χ0) is 20.8. The van der Waals surface area contributed by atoms with Crippen molar-refractivity contribution in [2.75, 3.05) is 18.4 Å². The third-order valence-corrected chi connectivity index (χ3v) is 5.11. The molecular weight excluding hydrogens is 374 g/mol. The molecule has 6 heteroatoms. The number of amides is 1. The molecule has 0 saturated carbocycles. The average Bonchev–Trinajstić information content (AvgIpc) is 3.21. The van der Waals surface area contributed by atoms with E-state index in [4.69, 9.17) is 0 Å². The Morgan fingerprint density at radius 2 is 1.87 bits per heavy atom. The van der Waals surface area contributed by atoms with Crippen LogP contribution in [-0.4, -0.2) is 38.8 Å². The van der Waals surface area contributed by atoms with Gasteiger partial charge in [-0.15, -0.1) is 0 Å². The number of nitrogens with one attached hydrogen (secondary N) is 2. The predicted octanol–water partition coefficient (Wildman–Crippen LogP) is 4.27. The zero-order valence-corrected chi connectivity index (χ0v) is 17.0. The van der Waals surface area contributed by atoms with E-state index >= 15 is 0 Å². The van der Waals surface area contributed by atoms with Crippen LogP contribution in [0.3, 0.4) is 0 Å². The molecule has 0 saturated heterocycles. The number of aromatic nitrogens is 3. The molecule has 0 unspecified atom stereocenters. The Bertz CT molecular complexity index is 1120. The van der Waals surface area contributed by atoms with Gasteiger partial charge in [-0.3, -0.25) is 4.79 Å². The number of hydrogen-bond donors (Lipinski definition) is 2. The zero-order valence-electron chi connectivity index (χ0n) is 17.0. The molecule has 0 fully saturated rings. The van der Waals surface area contributed by atoms with E-state index in [-0.39, 0.29) is 5.91 Å². The molecule has 2 aromatic carbocycles. The second-order valence-electron chi connectivity index (χ2n) is 7.11. The van der Waals surface area contributed by atoms with Crippen LogP contribution < -0.4 is 5.32 Å². The maximum Gasteiger partial charge on any atom is 0.272 e. The first kappa shape index (κ1) is 19.6. The van der Waals surface area contributed by atoms with E-state index in [0.29, 0.717) is 31.3 Å². The van der Waals surface area contributed by atoms with Gasteiger partial charge in [0.25, 0.3) is 5.91 Å². The first-order valence-corrected chi connectivity index (χ1v) is 10.2. The molecular formula is C24H25N5O. The van der Waals surface area contributed by atoms with Crippen molar-refractivity contribution in [1.29, 1.82) is 0 Å². The molecule has 0 radical (unpaired) electrons. The minimum Gasteiger partial charge on any atom is -0.361 e. The number of nitrogens with zero attached hydrogens (tertiary/aromatic N) is 3. The summed E-state index contributed by atoms with van der Waals surface area (Å²) in [5.41, 5.74) is 3.87. The molecule has 0 aliphatic heterocycles. The quantitative estimate of drug-likeness (QED) is 0.464. The summed E-state index contributed by atoms with van der Waals surface area (Å²) >= 11 is 0. The Balaban J connectivity index is 1.39. The van der Waals surface area contributed by atoms with Gasteiger partial charge in [-0.25, -0.2) is 9.97 Å². The number of fused-ring (bicyclic) bond motifs is 1. The van der Waals surface area contributed by atoms with E-state index in [1.807, 2.05) is 55.6 Å². The van der Waals surface area contributed by atoms with Crippen molar-refractivity contribution >= 4 is 22.8 Å². The number of carbonyl (C=O) groups is 1. The number of carbonyl (C=O) groups excluding carboxylic acids is 1. The third-order valence-electron chi connectivity index (χ3n) is 5.11. The average molecular weight is 399 g/mol. The van der Waals surface area contributed by atoms with Crippen LogP contribution in [0.15, 0.2) is 73.1 Å². The summed E-state index contributed by atoms with van der Waals surface area (Å²) < 4.78 is 0. The Morgan fingerprint density at radius 1 is 1.07 bits per heavy atom. The van der Waals surface area contributed by atoms with E-state index in [0.717, 1.165) is 17.5 Å². The first-order valence-electron chi connectivity index (χ1n) is 10.2. The lowest BCUT2D eigenvalue weighted by Crippen LogP contribution is -2.31. The molecule has 2 heterocycles. The SMILES string of the molecule is CCN(Cc1ccccc1)C(=O)c1ccnc(NCCc2c[nH]c3ccccc23)n1. The van der Waals surface area contributed by atoms with Crippen molar-refractivity contribution in [2.45, 2.75) is 19.9 Å². The monoisotopic (exact) mass is 399 g/mol. The van der Waals surface area contributed by atoms with Crippen LogP contribution >= 0.6 is 0 Å². The molecule has 0 aliphatic carbocycles. The second kappa shape index (κ2) is 9.22. The van der Waals surface area contributed by atoms with Crippen LogP contribution in [0.25, 0.3) is 10.9 Å². The van der Waals surface area contributed by atoms with Crippen LogP contribution in [-0.2, 0) is 13.0 Å². The van der Waals surface area contributed by atoms with Crippen molar-refractivity contribution in [3.05, 3.63) is 89.9 Å². The summed E-state index contributed by atoms with van der Waals surface area (Å²) in [5.74, 6) is 0.375. The number of hydrogen-bond acceptors (Lipinski definition) is 4. The number of aromatic amines is 1. The molecule has 2 N–H and O–H groups in total. The van der Waals surface area contributed by atoms with Crippen LogP contribution in [0.2, 0.25) is 0 Å². The fourth-order valence-electron chi connectivity index (χ4n) is 3.50. The van der Waals surface area contributed by atoms with Crippen molar-refractivity contribution in [3.8, 4) is 0 Å². The van der Waals surface area contributed by atoms with Crippen molar-refractivity contribution in [2.24, 2.45) is 0 Å². The van der Waals surface area contributed by atoms with Gasteiger partial charge in [0.15, 0.2) is 0 Å². The highest BCUT2D eigenvalue weighted by molar-refractivity contribution is 5.92. The fraction of sp³-hybridized carbons (Fsp3) is 0.208. The van der Waals surface area contributed by atoms with Gasteiger partial charge in [0, 0.05) is 42.9 Å². The molecule has 2 aromatic heterocycles. The molecule has 4 rings (SSSR count). The van der Waals surface area contributed by atoms with Gasteiger partial charge in [-0.05, 0) is 36.6 Å². The highest BCUT2D eigenvalue weighted by Gasteiger charge is 2.16. The van der Waals surface area contributed by atoms with E-state index in [1.165, 1.54) is 10.9 Å². The largest absolute Gasteiger partial charge is 0.361 e. The van der Waals surface area contributed by atoms with Crippen molar-refractivity contribution in [3.63, 3.8) is 0 Å². The molecule has 4 aromatic rings. The van der Waals surface area contributed by atoms with Crippen LogP contribution in [0.5, 0.6) is 0 Å². The number of benzene rings is 2. The van der Waals surface area contributed by atoms with Gasteiger partial charge in [-0.2, -0.15) is 0 Å². The van der Waals surface area contributed by atoms with Crippen LogP contribution in [0.4, 0.5) is 5.95 Å². The smallest absolute Gasteiger partial charge is 0.272 e. The molecule has 0 bridgehead atoms. The molecule has 152 valence electrons. The lowest BCUT2D eigenvalue weighted by atomic mass is 10.1. The summed E-state index contributed by atoms with van der Waals surface area (Å²) in [7, 11) is 0. The van der Waals surface area contributed by atoms with E-state index < -0.39 is 0 Å². The maximum atomic E-state index is 12.9. The normalized spacial score (nSPS) is 10.8. The van der Waals surface area contributed by atoms with Gasteiger partial charge >= 0.3 is 0 Å². The van der Waals surface area contributed by atoms with Gasteiger partial charge in [0.2, 0.25) is 5.95 Å². The fourth-order valence-corrected chi connectivity index (χ4v) is 3.50. The topological polar surface area (TPSA) is 73.9 Å². The third kappa shape index (κ3) is 4.49. The Labute approximate surface area is 176 Å². The molecule has 0 spiro atoms. The minimum absolute atomic E-state index is 0.0940. The highest BCUT2D eigenvalue weighted by atomic mass is 16.2. The van der Waals surface area contributed by atoms with Crippen LogP contribution in [0, 0.1) is 0 Å². The second-order valence-corrected chi connectivity index (χ2v) is 7.11. The van der Waals surface area contributed by atoms with Crippen molar-refractivity contribution < 1.29 is 4.79 Å². The number of para-hydroxylation sites is 1. The number of anilines is 1. The first-order chi connectivity index (χ1) is 14.7. The molecule has 1 amide bonds. The summed E-state index contributed by atoms with van der Waals surface area (Å²) in [4.78, 5) is 26.7. The maximum absolute atomic E-state index is 12.9. The van der Waals surface area contributed by atoms with Gasteiger partial charge in [0.05, 0.1) is 0 Å². The highest BCUT2D eigenvalue weighted by Crippen LogP contribution is 2.18. The lowest BCUT2D eigenvalue weighted by molar-refractivity contribution is 0.0746. The number of rotatable bonds is 8. The minimum atomic E-state index is -0.0940. The van der Waals surface area contributed by atoms with E-state index in [1.54, 1.807) is 17.2 Å². The number of H-pyrrole nitrogens is 1. The van der Waals surface area contributed by atoms with E-state index in [2.05, 4.69) is 32.4 Å². The Morgan fingerprint density at radius 3 is 2.70 bits per heavy atom. The Hall–Kier alpha value is -3.67. The van der Waals surface area contributed by atoms with Gasteiger partial charge in [-0.1, -0.05) is 48.5 Å². The van der Waals surface area contributed by atoms with Gasteiger partial charge < -0.3 is 15.2 Å². The predicted molar refractivity (Wildman–Crippen MR) is 119 cm³/mol. The molecule has 0 aliphatic rings. The van der Waals surface area contributed by atoms with Crippen molar-refractivity contribution in [1.82, 2.24) is 19.9 Å². The standard InChI is InChI=1S/C24H25N5O/c1-2-29(17-18-8-4-3-5-9-18)23(30)22-13-15-26-24(28-22)25-14-12-19-16-27-21-11-7-6-10-20(19)21/h3-11,13,15-16,27H,2,12,14,17H2,1H3,(H,25,26,28). The molecule has 30 heavy (non-hydrogen) atoms. The Kier molecular flexibility index (Phi) is 6.03. The van der Waals surface area contributed by atoms with Gasteiger partial charge in [0.1, 0.15) is 5.69 Å². The van der Waals surface area contributed by atoms with E-state index in [9.17, 15) is 4.79 Å².